The van der Waals surface area contributed by atoms with Gasteiger partial charge in [-0.25, -0.2) is 0 Å². The van der Waals surface area contributed by atoms with E-state index in [-0.39, 0.29) is 6.54 Å². The van der Waals surface area contributed by atoms with E-state index < -0.39 is 30.0 Å². The fourth-order valence-electron chi connectivity index (χ4n) is 1.13. The Bertz CT molecular complexity index is 413. The standard InChI is InChI=1S/C9H10F3NO3/c10-9(11,12)6-1-2-8(16)13(3-6)4-7(15)5-14/h1-3,7,14-15H,4-5H2. The molecule has 0 bridgehead atoms. The lowest BCUT2D eigenvalue weighted by atomic mass is 10.2. The van der Waals surface area contributed by atoms with Crippen molar-refractivity contribution in [2.45, 2.75) is 18.8 Å². The Hall–Kier alpha value is -1.34. The van der Waals surface area contributed by atoms with E-state index in [1.807, 2.05) is 0 Å². The number of halogens is 3. The Labute approximate surface area is 88.6 Å². The van der Waals surface area contributed by atoms with E-state index >= 15 is 0 Å². The summed E-state index contributed by atoms with van der Waals surface area (Å²) in [5.41, 5.74) is -1.64. The van der Waals surface area contributed by atoms with Crippen LogP contribution in [0.25, 0.3) is 0 Å². The van der Waals surface area contributed by atoms with Crippen molar-refractivity contribution in [2.24, 2.45) is 0 Å². The van der Waals surface area contributed by atoms with Crippen LogP contribution in [0.5, 0.6) is 0 Å². The van der Waals surface area contributed by atoms with Gasteiger partial charge in [0.15, 0.2) is 0 Å². The molecule has 0 spiro atoms. The molecule has 0 aliphatic rings. The van der Waals surface area contributed by atoms with Gasteiger partial charge in [-0.2, -0.15) is 13.2 Å². The summed E-state index contributed by atoms with van der Waals surface area (Å²) in [6.45, 7) is -0.998. The van der Waals surface area contributed by atoms with E-state index in [4.69, 9.17) is 10.2 Å². The van der Waals surface area contributed by atoms with Gasteiger partial charge in [-0.15, -0.1) is 0 Å². The summed E-state index contributed by atoms with van der Waals surface area (Å²) in [5.74, 6) is 0. The van der Waals surface area contributed by atoms with Crippen molar-refractivity contribution in [1.29, 1.82) is 0 Å². The van der Waals surface area contributed by atoms with Gasteiger partial charge in [0, 0.05) is 12.3 Å². The van der Waals surface area contributed by atoms with Gasteiger partial charge >= 0.3 is 6.18 Å². The first-order chi connectivity index (χ1) is 7.34. The highest BCUT2D eigenvalue weighted by Gasteiger charge is 2.31. The van der Waals surface area contributed by atoms with Gasteiger partial charge in [0.25, 0.3) is 5.56 Å². The molecule has 7 heteroatoms. The van der Waals surface area contributed by atoms with Crippen LogP contribution < -0.4 is 5.56 Å². The third-order valence-corrected chi connectivity index (χ3v) is 1.93. The first-order valence-corrected chi connectivity index (χ1v) is 4.41. The first kappa shape index (κ1) is 12.7. The summed E-state index contributed by atoms with van der Waals surface area (Å²) >= 11 is 0. The molecule has 1 rings (SSSR count). The van der Waals surface area contributed by atoms with Crippen LogP contribution in [0.3, 0.4) is 0 Å². The van der Waals surface area contributed by atoms with Gasteiger partial charge < -0.3 is 14.8 Å². The quantitative estimate of drug-likeness (QED) is 0.790. The maximum atomic E-state index is 12.3. The van der Waals surface area contributed by atoms with Gasteiger partial charge in [-0.05, 0) is 6.07 Å². The number of hydrogen-bond acceptors (Lipinski definition) is 3. The highest BCUT2D eigenvalue weighted by Crippen LogP contribution is 2.27. The molecule has 1 aromatic rings. The van der Waals surface area contributed by atoms with Gasteiger partial charge in [0.2, 0.25) is 0 Å². The molecule has 0 saturated carbocycles. The minimum atomic E-state index is -4.54. The fraction of sp³-hybridized carbons (Fsp3) is 0.444. The number of aromatic nitrogens is 1. The van der Waals surface area contributed by atoms with Crippen LogP contribution in [-0.2, 0) is 12.7 Å². The summed E-state index contributed by atoms with van der Waals surface area (Å²) in [7, 11) is 0. The summed E-state index contributed by atoms with van der Waals surface area (Å²) in [4.78, 5) is 11.2. The van der Waals surface area contributed by atoms with Crippen molar-refractivity contribution >= 4 is 0 Å². The van der Waals surface area contributed by atoms with Crippen LogP contribution >= 0.6 is 0 Å². The van der Waals surface area contributed by atoms with Gasteiger partial charge in [0.1, 0.15) is 0 Å². The minimum absolute atomic E-state index is 0.376. The Morgan fingerprint density at radius 1 is 1.38 bits per heavy atom. The van der Waals surface area contributed by atoms with E-state index in [2.05, 4.69) is 0 Å². The predicted molar refractivity (Wildman–Crippen MR) is 48.8 cm³/mol. The molecule has 2 N–H and O–H groups in total. The number of pyridine rings is 1. The smallest absolute Gasteiger partial charge is 0.394 e. The second-order valence-electron chi connectivity index (χ2n) is 3.24. The topological polar surface area (TPSA) is 62.5 Å². The Morgan fingerprint density at radius 3 is 2.50 bits per heavy atom. The molecule has 90 valence electrons. The SMILES string of the molecule is O=c1ccc(C(F)(F)F)cn1CC(O)CO. The molecule has 0 amide bonds. The molecular formula is C9H10F3NO3. The minimum Gasteiger partial charge on any atom is -0.394 e. The average molecular weight is 237 g/mol. The molecule has 0 radical (unpaired) electrons. The summed E-state index contributed by atoms with van der Waals surface area (Å²) in [5, 5.41) is 17.6. The van der Waals surface area contributed by atoms with Crippen molar-refractivity contribution in [2.75, 3.05) is 6.61 Å². The zero-order valence-electron chi connectivity index (χ0n) is 8.11. The van der Waals surface area contributed by atoms with Crippen LogP contribution in [0.1, 0.15) is 5.56 Å². The largest absolute Gasteiger partial charge is 0.417 e. The maximum absolute atomic E-state index is 12.3. The molecule has 4 nitrogen and oxygen atoms in total. The van der Waals surface area contributed by atoms with Gasteiger partial charge in [-0.1, -0.05) is 0 Å². The molecule has 1 unspecified atom stereocenters. The fourth-order valence-corrected chi connectivity index (χ4v) is 1.13. The summed E-state index contributed by atoms with van der Waals surface area (Å²) < 4.78 is 37.6. The molecule has 0 aliphatic carbocycles. The lowest BCUT2D eigenvalue weighted by Crippen LogP contribution is -2.28. The summed E-state index contributed by atoms with van der Waals surface area (Å²) in [6, 6.07) is 1.44. The van der Waals surface area contributed by atoms with Crippen molar-refractivity contribution < 1.29 is 23.4 Å². The number of rotatable bonds is 3. The molecular weight excluding hydrogens is 227 g/mol. The summed E-state index contributed by atoms with van der Waals surface area (Å²) in [6.07, 6.45) is -5.19. The molecule has 0 fully saturated rings. The zero-order valence-corrected chi connectivity index (χ0v) is 8.11. The number of alkyl halides is 3. The maximum Gasteiger partial charge on any atom is 0.417 e. The number of hydrogen-bond donors (Lipinski definition) is 2. The number of nitrogens with zero attached hydrogens (tertiary/aromatic N) is 1. The molecule has 0 aromatic carbocycles. The van der Waals surface area contributed by atoms with Crippen molar-refractivity contribution in [3.8, 4) is 0 Å². The lowest BCUT2D eigenvalue weighted by Gasteiger charge is -2.12. The van der Waals surface area contributed by atoms with E-state index in [0.717, 1.165) is 6.07 Å². The molecule has 0 aliphatic heterocycles. The van der Waals surface area contributed by atoms with Crippen molar-refractivity contribution in [3.05, 3.63) is 34.2 Å². The molecule has 1 atom stereocenters. The van der Waals surface area contributed by atoms with E-state index in [1.54, 1.807) is 0 Å². The van der Waals surface area contributed by atoms with Crippen LogP contribution in [-0.4, -0.2) is 27.5 Å². The highest BCUT2D eigenvalue weighted by atomic mass is 19.4. The Balaban J connectivity index is 3.05. The molecule has 0 saturated heterocycles. The average Bonchev–Trinajstić information content (AvgIpc) is 2.19. The van der Waals surface area contributed by atoms with Crippen LogP contribution in [0.2, 0.25) is 0 Å². The van der Waals surface area contributed by atoms with Gasteiger partial charge in [-0.3, -0.25) is 4.79 Å². The van der Waals surface area contributed by atoms with Gasteiger partial charge in [0.05, 0.1) is 24.8 Å². The number of aliphatic hydroxyl groups is 2. The zero-order chi connectivity index (χ0) is 12.3. The monoisotopic (exact) mass is 237 g/mol. The van der Waals surface area contributed by atoms with Crippen LogP contribution in [0, 0.1) is 0 Å². The third kappa shape index (κ3) is 3.07. The normalized spacial score (nSPS) is 13.8. The molecule has 1 aromatic heterocycles. The highest BCUT2D eigenvalue weighted by molar-refractivity contribution is 5.13. The van der Waals surface area contributed by atoms with Crippen molar-refractivity contribution in [1.82, 2.24) is 4.57 Å². The second-order valence-corrected chi connectivity index (χ2v) is 3.24. The Morgan fingerprint density at radius 2 is 2.00 bits per heavy atom. The Kier molecular flexibility index (Phi) is 3.71. The van der Waals surface area contributed by atoms with Crippen molar-refractivity contribution in [3.63, 3.8) is 0 Å². The van der Waals surface area contributed by atoms with E-state index in [9.17, 15) is 18.0 Å². The van der Waals surface area contributed by atoms with E-state index in [1.165, 1.54) is 0 Å². The lowest BCUT2D eigenvalue weighted by molar-refractivity contribution is -0.138. The molecule has 16 heavy (non-hydrogen) atoms. The first-order valence-electron chi connectivity index (χ1n) is 4.41. The van der Waals surface area contributed by atoms with Crippen LogP contribution in [0.4, 0.5) is 13.2 Å². The number of aliphatic hydroxyl groups excluding tert-OH is 2. The third-order valence-electron chi connectivity index (χ3n) is 1.93. The second kappa shape index (κ2) is 4.67. The molecule has 1 heterocycles. The van der Waals surface area contributed by atoms with Crippen LogP contribution in [0.15, 0.2) is 23.1 Å². The van der Waals surface area contributed by atoms with E-state index in [0.29, 0.717) is 16.8 Å². The predicted octanol–water partition coefficient (Wildman–Crippen LogP) is 0.220.